The number of carbonyl (C=O) groups excluding carboxylic acids is 2. The molecule has 0 aliphatic rings. The minimum atomic E-state index is -0.536. The molecule has 0 saturated carbocycles. The van der Waals surface area contributed by atoms with E-state index in [1.807, 2.05) is 69.6 Å². The van der Waals surface area contributed by atoms with Crippen LogP contribution in [0.5, 0.6) is 0 Å². The zero-order chi connectivity index (χ0) is 24.0. The summed E-state index contributed by atoms with van der Waals surface area (Å²) < 4.78 is 7.14. The number of nitrogens with one attached hydrogen (secondary N) is 2. The van der Waals surface area contributed by atoms with Crippen molar-refractivity contribution in [2.75, 3.05) is 6.54 Å². The van der Waals surface area contributed by atoms with Crippen molar-refractivity contribution >= 4 is 12.0 Å². The molecule has 0 spiro atoms. The van der Waals surface area contributed by atoms with Crippen LogP contribution >= 0.6 is 0 Å². The Morgan fingerprint density at radius 2 is 1.58 bits per heavy atom. The predicted octanol–water partition coefficient (Wildman–Crippen LogP) is 4.49. The Balaban J connectivity index is 1.45. The van der Waals surface area contributed by atoms with Gasteiger partial charge in [-0.15, -0.1) is 0 Å². The Labute approximate surface area is 195 Å². The molecule has 3 aromatic rings. The molecule has 0 atom stereocenters. The molecular formula is C26H32N4O3. The van der Waals surface area contributed by atoms with Gasteiger partial charge in [-0.3, -0.25) is 4.79 Å². The minimum Gasteiger partial charge on any atom is -0.444 e. The number of alkyl carbamates (subject to hydrolysis) is 1. The number of ether oxygens (including phenoxy) is 1. The summed E-state index contributed by atoms with van der Waals surface area (Å²) in [6, 6.07) is 17.4. The van der Waals surface area contributed by atoms with E-state index in [1.165, 1.54) is 0 Å². The number of aromatic nitrogens is 2. The average Bonchev–Trinajstić information content (AvgIpc) is 3.09. The molecule has 0 unspecified atom stereocenters. The molecular weight excluding hydrogens is 416 g/mol. The van der Waals surface area contributed by atoms with Gasteiger partial charge in [-0.1, -0.05) is 24.3 Å². The summed E-state index contributed by atoms with van der Waals surface area (Å²) in [4.78, 5) is 24.2. The molecule has 0 radical (unpaired) electrons. The van der Waals surface area contributed by atoms with Crippen LogP contribution in [-0.4, -0.2) is 33.9 Å². The van der Waals surface area contributed by atoms with E-state index in [9.17, 15) is 9.59 Å². The molecule has 7 nitrogen and oxygen atoms in total. The highest BCUT2D eigenvalue weighted by Crippen LogP contribution is 2.13. The third kappa shape index (κ3) is 7.20. The molecule has 7 heteroatoms. The van der Waals surface area contributed by atoms with Gasteiger partial charge in [-0.2, -0.15) is 5.10 Å². The van der Waals surface area contributed by atoms with Gasteiger partial charge >= 0.3 is 6.09 Å². The molecule has 174 valence electrons. The average molecular weight is 449 g/mol. The molecule has 2 N–H and O–H groups in total. The van der Waals surface area contributed by atoms with Crippen molar-refractivity contribution in [3.63, 3.8) is 0 Å². The molecule has 1 heterocycles. The second-order valence-corrected chi connectivity index (χ2v) is 9.06. The van der Waals surface area contributed by atoms with Crippen LogP contribution in [0, 0.1) is 13.8 Å². The van der Waals surface area contributed by atoms with Gasteiger partial charge < -0.3 is 15.4 Å². The van der Waals surface area contributed by atoms with E-state index in [4.69, 9.17) is 4.74 Å². The van der Waals surface area contributed by atoms with Gasteiger partial charge in [0.1, 0.15) is 5.60 Å². The molecule has 0 aliphatic carbocycles. The van der Waals surface area contributed by atoms with Crippen LogP contribution in [0.25, 0.3) is 5.69 Å². The smallest absolute Gasteiger partial charge is 0.407 e. The third-order valence-electron chi connectivity index (χ3n) is 4.94. The maximum absolute atomic E-state index is 12.4. The van der Waals surface area contributed by atoms with Crippen LogP contribution in [0.2, 0.25) is 0 Å². The molecule has 33 heavy (non-hydrogen) atoms. The number of hydrogen-bond donors (Lipinski definition) is 2. The van der Waals surface area contributed by atoms with E-state index < -0.39 is 11.7 Å². The number of amides is 2. The molecule has 1 aromatic heterocycles. The van der Waals surface area contributed by atoms with Crippen molar-refractivity contribution in [1.29, 1.82) is 0 Å². The lowest BCUT2D eigenvalue weighted by molar-refractivity contribution is 0.0523. The number of benzene rings is 2. The van der Waals surface area contributed by atoms with Gasteiger partial charge in [-0.25, -0.2) is 9.48 Å². The normalized spacial score (nSPS) is 11.2. The third-order valence-corrected chi connectivity index (χ3v) is 4.94. The summed E-state index contributed by atoms with van der Waals surface area (Å²) in [5.41, 5.74) is 5.19. The highest BCUT2D eigenvalue weighted by molar-refractivity contribution is 5.94. The maximum atomic E-state index is 12.4. The Morgan fingerprint density at radius 3 is 2.15 bits per heavy atom. The topological polar surface area (TPSA) is 85.2 Å². The molecule has 0 aliphatic heterocycles. The van der Waals surface area contributed by atoms with E-state index in [0.717, 1.165) is 34.6 Å². The fraction of sp³-hybridized carbons (Fsp3) is 0.346. The number of rotatable bonds is 7. The quantitative estimate of drug-likeness (QED) is 0.558. The predicted molar refractivity (Wildman–Crippen MR) is 129 cm³/mol. The van der Waals surface area contributed by atoms with Crippen molar-refractivity contribution in [3.05, 3.63) is 82.7 Å². The van der Waals surface area contributed by atoms with Crippen molar-refractivity contribution in [3.8, 4) is 5.69 Å². The van der Waals surface area contributed by atoms with Crippen LogP contribution in [-0.2, 0) is 17.7 Å². The second kappa shape index (κ2) is 10.3. The molecule has 0 bridgehead atoms. The van der Waals surface area contributed by atoms with Crippen molar-refractivity contribution < 1.29 is 14.3 Å². The number of aryl methyl sites for hydroxylation is 2. The lowest BCUT2D eigenvalue weighted by Gasteiger charge is -2.19. The first-order chi connectivity index (χ1) is 15.6. The van der Waals surface area contributed by atoms with E-state index in [1.54, 1.807) is 12.1 Å². The first-order valence-corrected chi connectivity index (χ1v) is 11.1. The minimum absolute atomic E-state index is 0.124. The standard InChI is InChI=1S/C26H32N4O3/c1-18-16-19(2)30(29-18)23-12-8-20(9-13-23)14-15-27-24(31)22-10-6-21(7-11-22)17-28-25(32)33-26(3,4)5/h6-13,16H,14-15,17H2,1-5H3,(H,27,31)(H,28,32). The number of hydrogen-bond acceptors (Lipinski definition) is 4. The summed E-state index contributed by atoms with van der Waals surface area (Å²) in [6.45, 7) is 10.3. The molecule has 0 saturated heterocycles. The SMILES string of the molecule is Cc1cc(C)n(-c2ccc(CCNC(=O)c3ccc(CNC(=O)OC(C)(C)C)cc3)cc2)n1. The molecule has 3 rings (SSSR count). The van der Waals surface area contributed by atoms with Gasteiger partial charge in [0, 0.05) is 24.3 Å². The lowest BCUT2D eigenvalue weighted by Crippen LogP contribution is -2.32. The zero-order valence-corrected chi connectivity index (χ0v) is 19.9. The number of carbonyl (C=O) groups is 2. The lowest BCUT2D eigenvalue weighted by atomic mass is 10.1. The van der Waals surface area contributed by atoms with Crippen LogP contribution in [0.1, 0.15) is 53.6 Å². The number of nitrogens with zero attached hydrogens (tertiary/aromatic N) is 2. The molecule has 2 amide bonds. The van der Waals surface area contributed by atoms with Crippen LogP contribution in [0.4, 0.5) is 4.79 Å². The van der Waals surface area contributed by atoms with E-state index >= 15 is 0 Å². The first-order valence-electron chi connectivity index (χ1n) is 11.1. The van der Waals surface area contributed by atoms with Crippen LogP contribution in [0.3, 0.4) is 0 Å². The van der Waals surface area contributed by atoms with E-state index in [-0.39, 0.29) is 5.91 Å². The Kier molecular flexibility index (Phi) is 7.53. The van der Waals surface area contributed by atoms with Gasteiger partial charge in [0.25, 0.3) is 5.91 Å². The van der Waals surface area contributed by atoms with Crippen LogP contribution < -0.4 is 10.6 Å². The van der Waals surface area contributed by atoms with E-state index in [2.05, 4.69) is 27.9 Å². The van der Waals surface area contributed by atoms with Crippen LogP contribution in [0.15, 0.2) is 54.6 Å². The Hall–Kier alpha value is -3.61. The monoisotopic (exact) mass is 448 g/mol. The molecule has 2 aromatic carbocycles. The van der Waals surface area contributed by atoms with E-state index in [0.29, 0.717) is 18.7 Å². The highest BCUT2D eigenvalue weighted by atomic mass is 16.6. The van der Waals surface area contributed by atoms with Crippen molar-refractivity contribution in [1.82, 2.24) is 20.4 Å². The van der Waals surface area contributed by atoms with Gasteiger partial charge in [0.2, 0.25) is 0 Å². The summed E-state index contributed by atoms with van der Waals surface area (Å²) >= 11 is 0. The maximum Gasteiger partial charge on any atom is 0.407 e. The zero-order valence-electron chi connectivity index (χ0n) is 19.9. The Bertz CT molecular complexity index is 1090. The Morgan fingerprint density at radius 1 is 0.939 bits per heavy atom. The fourth-order valence-corrected chi connectivity index (χ4v) is 3.38. The summed E-state index contributed by atoms with van der Waals surface area (Å²) in [5, 5.41) is 10.2. The highest BCUT2D eigenvalue weighted by Gasteiger charge is 2.15. The van der Waals surface area contributed by atoms with Crippen molar-refractivity contribution in [2.45, 2.75) is 53.2 Å². The largest absolute Gasteiger partial charge is 0.444 e. The van der Waals surface area contributed by atoms with Gasteiger partial charge in [-0.05, 0) is 82.5 Å². The molecule has 0 fully saturated rings. The summed E-state index contributed by atoms with van der Waals surface area (Å²) in [6.07, 6.45) is 0.272. The van der Waals surface area contributed by atoms with Crippen molar-refractivity contribution in [2.24, 2.45) is 0 Å². The van der Waals surface area contributed by atoms with Gasteiger partial charge in [0.05, 0.1) is 11.4 Å². The fourth-order valence-electron chi connectivity index (χ4n) is 3.38. The van der Waals surface area contributed by atoms with Gasteiger partial charge in [0.15, 0.2) is 0 Å². The summed E-state index contributed by atoms with van der Waals surface area (Å²) in [7, 11) is 0. The summed E-state index contributed by atoms with van der Waals surface area (Å²) in [5.74, 6) is -0.124. The first kappa shape index (κ1) is 24.0. The second-order valence-electron chi connectivity index (χ2n) is 9.06.